The van der Waals surface area contributed by atoms with Gasteiger partial charge in [0.1, 0.15) is 0 Å². The Balaban J connectivity index is 2.08. The molecule has 25 heavy (non-hydrogen) atoms. The zero-order chi connectivity index (χ0) is 18.0. The SMILES string of the molecule is CC(=O)c1ccc(N2CCOCC2)c(-c2ccc(S(C)(=O)=O)cc2)c1. The van der Waals surface area contributed by atoms with Gasteiger partial charge < -0.3 is 9.64 Å². The van der Waals surface area contributed by atoms with Crippen molar-refractivity contribution in [3.05, 3.63) is 48.0 Å². The lowest BCUT2D eigenvalue weighted by Crippen LogP contribution is -2.36. The summed E-state index contributed by atoms with van der Waals surface area (Å²) in [5, 5.41) is 0. The van der Waals surface area contributed by atoms with Crippen LogP contribution in [0.5, 0.6) is 0 Å². The number of ketones is 1. The number of carbonyl (C=O) groups excluding carboxylic acids is 1. The van der Waals surface area contributed by atoms with Crippen LogP contribution in [0.3, 0.4) is 0 Å². The summed E-state index contributed by atoms with van der Waals surface area (Å²) >= 11 is 0. The van der Waals surface area contributed by atoms with E-state index in [1.54, 1.807) is 31.2 Å². The highest BCUT2D eigenvalue weighted by Crippen LogP contribution is 2.33. The van der Waals surface area contributed by atoms with Gasteiger partial charge in [-0.1, -0.05) is 12.1 Å². The molecule has 2 aromatic rings. The molecule has 1 aliphatic rings. The highest BCUT2D eigenvalue weighted by atomic mass is 32.2. The van der Waals surface area contributed by atoms with Crippen LogP contribution in [0.4, 0.5) is 5.69 Å². The molecule has 2 aromatic carbocycles. The van der Waals surface area contributed by atoms with Crippen LogP contribution >= 0.6 is 0 Å². The van der Waals surface area contributed by atoms with Crippen LogP contribution in [-0.2, 0) is 14.6 Å². The van der Waals surface area contributed by atoms with E-state index in [1.165, 1.54) is 6.26 Å². The van der Waals surface area contributed by atoms with E-state index in [0.717, 1.165) is 29.9 Å². The molecule has 1 fully saturated rings. The summed E-state index contributed by atoms with van der Waals surface area (Å²) in [5.74, 6) is 0.00235. The molecule has 0 bridgehead atoms. The average Bonchev–Trinajstić information content (AvgIpc) is 2.61. The molecule has 0 unspecified atom stereocenters. The summed E-state index contributed by atoms with van der Waals surface area (Å²) in [6.07, 6.45) is 1.19. The molecular formula is C19H21NO4S. The highest BCUT2D eigenvalue weighted by molar-refractivity contribution is 7.90. The minimum absolute atomic E-state index is 0.00235. The smallest absolute Gasteiger partial charge is 0.175 e. The number of anilines is 1. The number of nitrogens with zero attached hydrogens (tertiary/aromatic N) is 1. The molecule has 5 nitrogen and oxygen atoms in total. The molecular weight excluding hydrogens is 338 g/mol. The predicted octanol–water partition coefficient (Wildman–Crippen LogP) is 2.80. The number of hydrogen-bond acceptors (Lipinski definition) is 5. The van der Waals surface area contributed by atoms with E-state index >= 15 is 0 Å². The summed E-state index contributed by atoms with van der Waals surface area (Å²) in [4.78, 5) is 14.3. The number of morpholine rings is 1. The number of hydrogen-bond donors (Lipinski definition) is 0. The topological polar surface area (TPSA) is 63.7 Å². The fraction of sp³-hybridized carbons (Fsp3) is 0.316. The molecule has 0 spiro atoms. The van der Waals surface area contributed by atoms with Crippen LogP contribution in [0.1, 0.15) is 17.3 Å². The molecule has 1 heterocycles. The second-order valence-electron chi connectivity index (χ2n) is 6.18. The van der Waals surface area contributed by atoms with Gasteiger partial charge in [-0.2, -0.15) is 0 Å². The summed E-state index contributed by atoms with van der Waals surface area (Å²) < 4.78 is 28.8. The van der Waals surface area contributed by atoms with E-state index in [9.17, 15) is 13.2 Å². The summed E-state index contributed by atoms with van der Waals surface area (Å²) in [7, 11) is -3.24. The van der Waals surface area contributed by atoms with Crippen LogP contribution in [-0.4, -0.2) is 46.8 Å². The minimum Gasteiger partial charge on any atom is -0.378 e. The lowest BCUT2D eigenvalue weighted by Gasteiger charge is -2.31. The Morgan fingerprint density at radius 2 is 1.68 bits per heavy atom. The van der Waals surface area contributed by atoms with Crippen LogP contribution in [0.15, 0.2) is 47.4 Å². The molecule has 0 N–H and O–H groups in total. The highest BCUT2D eigenvalue weighted by Gasteiger charge is 2.17. The van der Waals surface area contributed by atoms with E-state index < -0.39 is 9.84 Å². The van der Waals surface area contributed by atoms with Crippen molar-refractivity contribution < 1.29 is 17.9 Å². The number of Topliss-reactive ketones (excluding diaryl/α,β-unsaturated/α-hetero) is 1. The zero-order valence-corrected chi connectivity index (χ0v) is 15.2. The van der Waals surface area contributed by atoms with Crippen molar-refractivity contribution >= 4 is 21.3 Å². The third-order valence-corrected chi connectivity index (χ3v) is 5.48. The average molecular weight is 359 g/mol. The standard InChI is InChI=1S/C19H21NO4S/c1-14(21)16-5-8-19(20-9-11-24-12-10-20)18(13-16)15-3-6-17(7-4-15)25(2,22)23/h3-8,13H,9-12H2,1-2H3. The predicted molar refractivity (Wildman–Crippen MR) is 98.0 cm³/mol. The maximum absolute atomic E-state index is 11.8. The van der Waals surface area contributed by atoms with Crippen molar-refractivity contribution in [1.29, 1.82) is 0 Å². The lowest BCUT2D eigenvalue weighted by atomic mass is 9.98. The Morgan fingerprint density at radius 1 is 1.04 bits per heavy atom. The van der Waals surface area contributed by atoms with Gasteiger partial charge in [0.15, 0.2) is 15.6 Å². The summed E-state index contributed by atoms with van der Waals surface area (Å²) in [6, 6.07) is 12.5. The maximum atomic E-state index is 11.8. The van der Waals surface area contributed by atoms with Gasteiger partial charge >= 0.3 is 0 Å². The molecule has 132 valence electrons. The van der Waals surface area contributed by atoms with Crippen molar-refractivity contribution in [2.24, 2.45) is 0 Å². The molecule has 0 aromatic heterocycles. The minimum atomic E-state index is -3.24. The van der Waals surface area contributed by atoms with Crippen molar-refractivity contribution in [2.45, 2.75) is 11.8 Å². The van der Waals surface area contributed by atoms with E-state index in [2.05, 4.69) is 4.90 Å². The third kappa shape index (κ3) is 3.91. The molecule has 0 amide bonds. The maximum Gasteiger partial charge on any atom is 0.175 e. The van der Waals surface area contributed by atoms with Gasteiger partial charge in [0.25, 0.3) is 0 Å². The van der Waals surface area contributed by atoms with E-state index in [0.29, 0.717) is 18.8 Å². The molecule has 0 atom stereocenters. The fourth-order valence-electron chi connectivity index (χ4n) is 2.95. The Morgan fingerprint density at radius 3 is 2.24 bits per heavy atom. The second-order valence-corrected chi connectivity index (χ2v) is 8.20. The van der Waals surface area contributed by atoms with Gasteiger partial charge in [-0.05, 0) is 42.8 Å². The van der Waals surface area contributed by atoms with Gasteiger partial charge in [0, 0.05) is 36.2 Å². The zero-order valence-electron chi connectivity index (χ0n) is 14.4. The Labute approximate surface area is 148 Å². The van der Waals surface area contributed by atoms with Gasteiger partial charge in [-0.3, -0.25) is 4.79 Å². The molecule has 0 aliphatic carbocycles. The largest absolute Gasteiger partial charge is 0.378 e. The van der Waals surface area contributed by atoms with E-state index in [-0.39, 0.29) is 10.7 Å². The van der Waals surface area contributed by atoms with Gasteiger partial charge in [-0.15, -0.1) is 0 Å². The first-order valence-electron chi connectivity index (χ1n) is 8.14. The first-order valence-corrected chi connectivity index (χ1v) is 10.0. The molecule has 0 radical (unpaired) electrons. The van der Waals surface area contributed by atoms with E-state index in [4.69, 9.17) is 4.74 Å². The number of carbonyl (C=O) groups is 1. The van der Waals surface area contributed by atoms with Crippen molar-refractivity contribution in [3.63, 3.8) is 0 Å². The number of benzene rings is 2. The first-order chi connectivity index (χ1) is 11.9. The third-order valence-electron chi connectivity index (χ3n) is 4.35. The second kappa shape index (κ2) is 6.98. The van der Waals surface area contributed by atoms with E-state index in [1.807, 2.05) is 18.2 Å². The molecule has 6 heteroatoms. The summed E-state index contributed by atoms with van der Waals surface area (Å²) in [6.45, 7) is 4.45. The van der Waals surface area contributed by atoms with Crippen molar-refractivity contribution in [1.82, 2.24) is 0 Å². The molecule has 3 rings (SSSR count). The van der Waals surface area contributed by atoms with Crippen LogP contribution in [0.25, 0.3) is 11.1 Å². The van der Waals surface area contributed by atoms with Crippen molar-refractivity contribution in [2.75, 3.05) is 37.5 Å². The Hall–Kier alpha value is -2.18. The molecule has 1 aliphatic heterocycles. The van der Waals surface area contributed by atoms with Gasteiger partial charge in [0.2, 0.25) is 0 Å². The van der Waals surface area contributed by atoms with Crippen LogP contribution in [0.2, 0.25) is 0 Å². The monoisotopic (exact) mass is 359 g/mol. The van der Waals surface area contributed by atoms with Crippen LogP contribution in [0, 0.1) is 0 Å². The fourth-order valence-corrected chi connectivity index (χ4v) is 3.58. The van der Waals surface area contributed by atoms with Gasteiger partial charge in [-0.25, -0.2) is 8.42 Å². The number of rotatable bonds is 4. The first kappa shape index (κ1) is 17.6. The van der Waals surface area contributed by atoms with Crippen LogP contribution < -0.4 is 4.90 Å². The van der Waals surface area contributed by atoms with Gasteiger partial charge in [0.05, 0.1) is 18.1 Å². The Bertz CT molecular complexity index is 882. The number of sulfone groups is 1. The summed E-state index contributed by atoms with van der Waals surface area (Å²) in [5.41, 5.74) is 3.48. The molecule has 1 saturated heterocycles. The van der Waals surface area contributed by atoms with Crippen molar-refractivity contribution in [3.8, 4) is 11.1 Å². The number of ether oxygens (including phenoxy) is 1. The lowest BCUT2D eigenvalue weighted by molar-refractivity contribution is 0.101. The molecule has 0 saturated carbocycles. The normalized spacial score (nSPS) is 15.2. The Kier molecular flexibility index (Phi) is 4.92. The quantitative estimate of drug-likeness (QED) is 0.786.